The minimum Gasteiger partial charge on any atom is -0.381 e. The lowest BCUT2D eigenvalue weighted by atomic mass is 9.81. The van der Waals surface area contributed by atoms with Gasteiger partial charge in [0, 0.05) is 30.1 Å². The van der Waals surface area contributed by atoms with E-state index in [2.05, 4.69) is 20.3 Å². The van der Waals surface area contributed by atoms with Crippen LogP contribution in [0.25, 0.3) is 21.6 Å². The summed E-state index contributed by atoms with van der Waals surface area (Å²) in [6.45, 7) is 1.89. The highest BCUT2D eigenvalue weighted by Crippen LogP contribution is 2.40. The van der Waals surface area contributed by atoms with Crippen LogP contribution < -0.4 is 5.32 Å². The maximum Gasteiger partial charge on any atom is 0.186 e. The van der Waals surface area contributed by atoms with Crippen LogP contribution in [0.4, 0.5) is 5.69 Å². The van der Waals surface area contributed by atoms with E-state index in [0.717, 1.165) is 52.6 Å². The molecule has 8 nitrogen and oxygen atoms in total. The lowest BCUT2D eigenvalue weighted by Crippen LogP contribution is -2.39. The highest BCUT2D eigenvalue weighted by atomic mass is 32.2. The zero-order valence-corrected chi connectivity index (χ0v) is 21.1. The summed E-state index contributed by atoms with van der Waals surface area (Å²) in [5.74, 6) is 0.202. The number of rotatable bonds is 7. The normalized spacial score (nSPS) is 18.6. The first-order chi connectivity index (χ1) is 16.1. The van der Waals surface area contributed by atoms with E-state index in [-0.39, 0.29) is 21.9 Å². The molecule has 5 rings (SSSR count). The number of H-pyrrole nitrogens is 1. The van der Waals surface area contributed by atoms with E-state index in [1.54, 1.807) is 30.6 Å². The average molecular weight is 517 g/mol. The molecular formula is C23H24N4O4S3. The van der Waals surface area contributed by atoms with E-state index in [1.807, 2.05) is 19.1 Å². The van der Waals surface area contributed by atoms with Crippen LogP contribution in [0.2, 0.25) is 0 Å². The fourth-order valence-corrected chi connectivity index (χ4v) is 7.78. The molecule has 1 aliphatic rings. The number of aromatic nitrogens is 3. The molecule has 0 aliphatic heterocycles. The molecule has 3 aromatic heterocycles. The molecule has 34 heavy (non-hydrogen) atoms. The Morgan fingerprint density at radius 1 is 1.12 bits per heavy atom. The van der Waals surface area contributed by atoms with Crippen molar-refractivity contribution in [1.29, 1.82) is 0 Å². The molecule has 0 atom stereocenters. The van der Waals surface area contributed by atoms with Crippen molar-refractivity contribution in [2.24, 2.45) is 5.92 Å². The summed E-state index contributed by atoms with van der Waals surface area (Å²) in [5.41, 5.74) is 3.19. The van der Waals surface area contributed by atoms with Gasteiger partial charge in [-0.1, -0.05) is 12.1 Å². The standard InChI is InChI=1S/C23H24N4O4S3/c1-14-4-3-5-17(8-14)34(30,31)13-15-9-16(10-15)27-21-18-6-7-24-22(18)25-11-19(21)23-26-12-20(32-23)33(2,28)29/h3-8,11-12,15-16H,9-10,13H2,1-2H3,(H2,24,25,27). The Hall–Kier alpha value is -2.76. The van der Waals surface area contributed by atoms with Crippen LogP contribution in [0.3, 0.4) is 0 Å². The number of anilines is 1. The van der Waals surface area contributed by atoms with Crippen molar-refractivity contribution in [3.05, 3.63) is 54.5 Å². The maximum atomic E-state index is 12.8. The molecular weight excluding hydrogens is 492 g/mol. The van der Waals surface area contributed by atoms with Gasteiger partial charge in [0.15, 0.2) is 19.7 Å². The van der Waals surface area contributed by atoms with E-state index in [4.69, 9.17) is 0 Å². The van der Waals surface area contributed by atoms with Gasteiger partial charge in [0.25, 0.3) is 0 Å². The largest absolute Gasteiger partial charge is 0.381 e. The van der Waals surface area contributed by atoms with Crippen LogP contribution in [0.15, 0.2) is 58.0 Å². The fourth-order valence-electron chi connectivity index (χ4n) is 4.29. The Morgan fingerprint density at radius 3 is 2.62 bits per heavy atom. The zero-order valence-electron chi connectivity index (χ0n) is 18.6. The van der Waals surface area contributed by atoms with Gasteiger partial charge in [-0.25, -0.2) is 26.8 Å². The third kappa shape index (κ3) is 4.47. The second-order valence-corrected chi connectivity index (χ2v) is 14.1. The number of thiazole rings is 1. The Balaban J connectivity index is 1.35. The Bertz CT molecular complexity index is 1580. The van der Waals surface area contributed by atoms with Gasteiger partial charge in [0.1, 0.15) is 14.9 Å². The first-order valence-electron chi connectivity index (χ1n) is 10.8. The topological polar surface area (TPSA) is 122 Å². The minimum absolute atomic E-state index is 0.0757. The second-order valence-electron chi connectivity index (χ2n) is 8.82. The number of nitrogens with zero attached hydrogens (tertiary/aromatic N) is 2. The summed E-state index contributed by atoms with van der Waals surface area (Å²) in [7, 11) is -6.68. The zero-order chi connectivity index (χ0) is 24.1. The summed E-state index contributed by atoms with van der Waals surface area (Å²) in [4.78, 5) is 12.2. The lowest BCUT2D eigenvalue weighted by molar-refractivity contribution is 0.311. The van der Waals surface area contributed by atoms with Gasteiger partial charge in [0.05, 0.1) is 28.1 Å². The van der Waals surface area contributed by atoms with Crippen molar-refractivity contribution in [2.45, 2.75) is 34.9 Å². The van der Waals surface area contributed by atoms with Crippen LogP contribution in [0, 0.1) is 12.8 Å². The van der Waals surface area contributed by atoms with Crippen LogP contribution in [-0.2, 0) is 19.7 Å². The molecule has 1 fully saturated rings. The quantitative estimate of drug-likeness (QED) is 0.380. The molecule has 11 heteroatoms. The number of fused-ring (bicyclic) bond motifs is 1. The number of hydrogen-bond donors (Lipinski definition) is 2. The van der Waals surface area contributed by atoms with Crippen LogP contribution >= 0.6 is 11.3 Å². The van der Waals surface area contributed by atoms with Gasteiger partial charge in [-0.05, 0) is 49.4 Å². The molecule has 0 amide bonds. The van der Waals surface area contributed by atoms with E-state index in [1.165, 1.54) is 6.20 Å². The Kier molecular flexibility index (Phi) is 5.73. The van der Waals surface area contributed by atoms with Crippen molar-refractivity contribution in [1.82, 2.24) is 15.0 Å². The fraction of sp³-hybridized carbons (Fsp3) is 0.304. The van der Waals surface area contributed by atoms with Gasteiger partial charge in [-0.15, -0.1) is 11.3 Å². The number of pyridine rings is 1. The van der Waals surface area contributed by atoms with Gasteiger partial charge < -0.3 is 10.3 Å². The summed E-state index contributed by atoms with van der Waals surface area (Å²) in [6, 6.07) is 9.05. The van der Waals surface area contributed by atoms with Gasteiger partial charge in [0.2, 0.25) is 0 Å². The van der Waals surface area contributed by atoms with Gasteiger partial charge in [-0.3, -0.25) is 0 Å². The molecule has 0 unspecified atom stereocenters. The average Bonchev–Trinajstić information content (AvgIpc) is 3.42. The number of benzene rings is 1. The summed E-state index contributed by atoms with van der Waals surface area (Å²) in [6.07, 6.45) is 7.47. The lowest BCUT2D eigenvalue weighted by Gasteiger charge is -2.36. The van der Waals surface area contributed by atoms with E-state index in [9.17, 15) is 16.8 Å². The monoisotopic (exact) mass is 516 g/mol. The van der Waals surface area contributed by atoms with E-state index >= 15 is 0 Å². The number of aryl methyl sites for hydroxylation is 1. The molecule has 178 valence electrons. The molecule has 1 aromatic carbocycles. The highest BCUT2D eigenvalue weighted by Gasteiger charge is 2.34. The van der Waals surface area contributed by atoms with Crippen molar-refractivity contribution < 1.29 is 16.8 Å². The summed E-state index contributed by atoms with van der Waals surface area (Å²) >= 11 is 1.11. The van der Waals surface area contributed by atoms with Crippen molar-refractivity contribution >= 4 is 47.7 Å². The molecule has 4 aromatic rings. The van der Waals surface area contributed by atoms with Crippen LogP contribution in [0.1, 0.15) is 18.4 Å². The minimum atomic E-state index is -3.35. The van der Waals surface area contributed by atoms with Gasteiger partial charge in [-0.2, -0.15) is 0 Å². The third-order valence-corrected chi connectivity index (χ3v) is 10.8. The SMILES string of the molecule is Cc1cccc(S(=O)(=O)CC2CC(Nc3c(-c4ncc(S(C)(=O)=O)s4)cnc4[nH]ccc34)C2)c1. The van der Waals surface area contributed by atoms with Crippen LogP contribution in [0.5, 0.6) is 0 Å². The Labute approximate surface area is 202 Å². The van der Waals surface area contributed by atoms with E-state index < -0.39 is 19.7 Å². The van der Waals surface area contributed by atoms with Crippen molar-refractivity contribution in [3.8, 4) is 10.6 Å². The molecule has 0 radical (unpaired) electrons. The van der Waals surface area contributed by atoms with Crippen molar-refractivity contribution in [3.63, 3.8) is 0 Å². The first kappa shape index (κ1) is 23.0. The third-order valence-electron chi connectivity index (χ3n) is 6.05. The second kappa shape index (κ2) is 8.47. The molecule has 2 N–H and O–H groups in total. The first-order valence-corrected chi connectivity index (χ1v) is 15.1. The van der Waals surface area contributed by atoms with E-state index in [0.29, 0.717) is 15.6 Å². The highest BCUT2D eigenvalue weighted by molar-refractivity contribution is 7.92. The summed E-state index contributed by atoms with van der Waals surface area (Å²) < 4.78 is 49.7. The molecule has 3 heterocycles. The number of hydrogen-bond acceptors (Lipinski definition) is 8. The smallest absolute Gasteiger partial charge is 0.186 e. The molecule has 1 saturated carbocycles. The number of nitrogens with one attached hydrogen (secondary N) is 2. The number of aromatic amines is 1. The molecule has 0 saturated heterocycles. The predicted molar refractivity (Wildman–Crippen MR) is 134 cm³/mol. The predicted octanol–water partition coefficient (Wildman–Crippen LogP) is 4.06. The van der Waals surface area contributed by atoms with Crippen LogP contribution in [-0.4, -0.2) is 49.8 Å². The summed E-state index contributed by atoms with van der Waals surface area (Å²) in [5, 5.41) is 4.99. The maximum absolute atomic E-state index is 12.8. The van der Waals surface area contributed by atoms with Crippen molar-refractivity contribution in [2.75, 3.05) is 17.3 Å². The molecule has 0 spiro atoms. The Morgan fingerprint density at radius 2 is 1.91 bits per heavy atom. The van der Waals surface area contributed by atoms with Gasteiger partial charge >= 0.3 is 0 Å². The number of sulfone groups is 2. The molecule has 0 bridgehead atoms. The molecule has 1 aliphatic carbocycles.